The second-order valence-corrected chi connectivity index (χ2v) is 5.03. The Morgan fingerprint density at radius 1 is 1.28 bits per heavy atom. The number of imidazole rings is 1. The molecule has 0 fully saturated rings. The highest BCUT2D eigenvalue weighted by molar-refractivity contribution is 6.30. The zero-order valence-corrected chi connectivity index (χ0v) is 11.8. The van der Waals surface area contributed by atoms with Crippen molar-refractivity contribution >= 4 is 23.2 Å². The Morgan fingerprint density at radius 3 is 2.50 bits per heavy atom. The largest absolute Gasteiger partial charge is 0.321 e. The molecular formula is C13H15Cl2N3. The Balaban J connectivity index is 1.98. The molecule has 2 rings (SSSR count). The summed E-state index contributed by atoms with van der Waals surface area (Å²) in [6.07, 6.45) is 1.66. The summed E-state index contributed by atoms with van der Waals surface area (Å²) >= 11 is 11.8. The van der Waals surface area contributed by atoms with E-state index in [1.165, 1.54) is 5.56 Å². The van der Waals surface area contributed by atoms with Crippen LogP contribution in [0.4, 0.5) is 0 Å². The molecule has 0 saturated heterocycles. The van der Waals surface area contributed by atoms with Gasteiger partial charge in [0.2, 0.25) is 0 Å². The Kier molecular flexibility index (Phi) is 4.27. The molecular weight excluding hydrogens is 269 g/mol. The first kappa shape index (κ1) is 13.4. The monoisotopic (exact) mass is 283 g/mol. The second-order valence-electron chi connectivity index (χ2n) is 4.21. The number of nitrogens with one attached hydrogen (secondary N) is 1. The molecule has 1 unspecified atom stereocenters. The van der Waals surface area contributed by atoms with Gasteiger partial charge in [0.1, 0.15) is 11.0 Å². The molecule has 5 heteroatoms. The molecule has 3 nitrogen and oxygen atoms in total. The summed E-state index contributed by atoms with van der Waals surface area (Å²) in [4.78, 5) is 4.24. The molecule has 0 spiro atoms. The van der Waals surface area contributed by atoms with E-state index in [1.54, 1.807) is 6.20 Å². The standard InChI is InChI=1S/C13H15Cl2N3/c1-9(10-3-5-11(14)6-4-10)16-8-13-17-7-12(15)18(13)2/h3-7,9,16H,8H2,1-2H3. The van der Waals surface area contributed by atoms with Gasteiger partial charge < -0.3 is 9.88 Å². The first-order chi connectivity index (χ1) is 8.58. The van der Waals surface area contributed by atoms with Crippen LogP contribution >= 0.6 is 23.2 Å². The lowest BCUT2D eigenvalue weighted by atomic mass is 10.1. The molecule has 1 N–H and O–H groups in total. The van der Waals surface area contributed by atoms with E-state index in [0.717, 1.165) is 10.8 Å². The smallest absolute Gasteiger partial charge is 0.128 e. The lowest BCUT2D eigenvalue weighted by Gasteiger charge is -2.14. The predicted molar refractivity (Wildman–Crippen MR) is 74.9 cm³/mol. The van der Waals surface area contributed by atoms with Gasteiger partial charge in [0.05, 0.1) is 12.7 Å². The van der Waals surface area contributed by atoms with E-state index in [9.17, 15) is 0 Å². The molecule has 1 aromatic carbocycles. The van der Waals surface area contributed by atoms with Gasteiger partial charge in [-0.3, -0.25) is 0 Å². The summed E-state index contributed by atoms with van der Waals surface area (Å²) in [7, 11) is 1.90. The summed E-state index contributed by atoms with van der Waals surface area (Å²) in [5, 5.41) is 4.80. The molecule has 1 heterocycles. The zero-order chi connectivity index (χ0) is 13.1. The van der Waals surface area contributed by atoms with E-state index in [4.69, 9.17) is 23.2 Å². The second kappa shape index (κ2) is 5.74. The van der Waals surface area contributed by atoms with Gasteiger partial charge in [-0.15, -0.1) is 0 Å². The van der Waals surface area contributed by atoms with Crippen LogP contribution in [0.25, 0.3) is 0 Å². The fourth-order valence-corrected chi connectivity index (χ4v) is 1.97. The van der Waals surface area contributed by atoms with Crippen LogP contribution in [0.5, 0.6) is 0 Å². The first-order valence-corrected chi connectivity index (χ1v) is 6.48. The highest BCUT2D eigenvalue weighted by Gasteiger charge is 2.08. The van der Waals surface area contributed by atoms with E-state index in [-0.39, 0.29) is 6.04 Å². The maximum absolute atomic E-state index is 5.94. The highest BCUT2D eigenvalue weighted by Crippen LogP contribution is 2.17. The molecule has 18 heavy (non-hydrogen) atoms. The Morgan fingerprint density at radius 2 is 1.94 bits per heavy atom. The summed E-state index contributed by atoms with van der Waals surface area (Å²) < 4.78 is 1.86. The predicted octanol–water partition coefficient (Wildman–Crippen LogP) is 3.58. The van der Waals surface area contributed by atoms with E-state index in [1.807, 2.05) is 35.9 Å². The van der Waals surface area contributed by atoms with Crippen molar-refractivity contribution in [3.8, 4) is 0 Å². The van der Waals surface area contributed by atoms with Crippen LogP contribution < -0.4 is 5.32 Å². The van der Waals surface area contributed by atoms with Gasteiger partial charge >= 0.3 is 0 Å². The molecule has 0 amide bonds. The third-order valence-electron chi connectivity index (χ3n) is 2.96. The zero-order valence-electron chi connectivity index (χ0n) is 10.3. The van der Waals surface area contributed by atoms with Gasteiger partial charge in [-0.05, 0) is 24.6 Å². The molecule has 2 aromatic rings. The van der Waals surface area contributed by atoms with Crippen LogP contribution in [0, 0.1) is 0 Å². The Labute approximate surface area is 117 Å². The number of hydrogen-bond acceptors (Lipinski definition) is 2. The molecule has 0 aliphatic rings. The topological polar surface area (TPSA) is 29.9 Å². The van der Waals surface area contributed by atoms with Crippen LogP contribution in [0.2, 0.25) is 10.2 Å². The first-order valence-electron chi connectivity index (χ1n) is 5.73. The average Bonchev–Trinajstić information content (AvgIpc) is 2.68. The van der Waals surface area contributed by atoms with Crippen molar-refractivity contribution in [3.05, 3.63) is 52.0 Å². The number of nitrogens with zero attached hydrogens (tertiary/aromatic N) is 2. The SMILES string of the molecule is CC(NCc1ncc(Cl)n1C)c1ccc(Cl)cc1. The minimum Gasteiger partial charge on any atom is -0.321 e. The van der Waals surface area contributed by atoms with Gasteiger partial charge in [-0.2, -0.15) is 0 Å². The Hall–Kier alpha value is -1.03. The van der Waals surface area contributed by atoms with Gasteiger partial charge in [-0.1, -0.05) is 35.3 Å². The van der Waals surface area contributed by atoms with Crippen molar-refractivity contribution in [1.82, 2.24) is 14.9 Å². The van der Waals surface area contributed by atoms with Crippen LogP contribution in [0.1, 0.15) is 24.4 Å². The quantitative estimate of drug-likeness (QED) is 0.930. The van der Waals surface area contributed by atoms with Crippen molar-refractivity contribution in [2.24, 2.45) is 7.05 Å². The molecule has 96 valence electrons. The molecule has 0 radical (unpaired) electrons. The number of benzene rings is 1. The lowest BCUT2D eigenvalue weighted by molar-refractivity contribution is 0.549. The van der Waals surface area contributed by atoms with Gasteiger partial charge in [0.15, 0.2) is 0 Å². The molecule has 0 saturated carbocycles. The summed E-state index contributed by atoms with van der Waals surface area (Å²) in [6.45, 7) is 2.78. The van der Waals surface area contributed by atoms with Gasteiger partial charge in [0.25, 0.3) is 0 Å². The molecule has 0 bridgehead atoms. The van der Waals surface area contributed by atoms with Crippen molar-refractivity contribution in [2.75, 3.05) is 0 Å². The van der Waals surface area contributed by atoms with Crippen molar-refractivity contribution in [2.45, 2.75) is 19.5 Å². The maximum atomic E-state index is 5.94. The molecule has 0 aliphatic heterocycles. The van der Waals surface area contributed by atoms with Crippen LogP contribution in [-0.4, -0.2) is 9.55 Å². The lowest BCUT2D eigenvalue weighted by Crippen LogP contribution is -2.20. The average molecular weight is 284 g/mol. The summed E-state index contributed by atoms with van der Waals surface area (Å²) in [5.41, 5.74) is 1.19. The fourth-order valence-electron chi connectivity index (χ4n) is 1.70. The maximum Gasteiger partial charge on any atom is 0.128 e. The number of rotatable bonds is 4. The van der Waals surface area contributed by atoms with E-state index in [0.29, 0.717) is 11.7 Å². The van der Waals surface area contributed by atoms with Crippen LogP contribution in [0.15, 0.2) is 30.5 Å². The number of halogens is 2. The normalized spacial score (nSPS) is 12.7. The Bertz CT molecular complexity index is 520. The third-order valence-corrected chi connectivity index (χ3v) is 3.57. The minimum atomic E-state index is 0.234. The molecule has 1 aromatic heterocycles. The summed E-state index contributed by atoms with van der Waals surface area (Å²) in [6, 6.07) is 8.06. The fraction of sp³-hybridized carbons (Fsp3) is 0.308. The molecule has 0 aliphatic carbocycles. The molecule has 1 atom stereocenters. The summed E-state index contributed by atoms with van der Waals surface area (Å²) in [5.74, 6) is 0.917. The number of hydrogen-bond donors (Lipinski definition) is 1. The van der Waals surface area contributed by atoms with Gasteiger partial charge in [-0.25, -0.2) is 4.98 Å². The van der Waals surface area contributed by atoms with Crippen molar-refractivity contribution < 1.29 is 0 Å². The van der Waals surface area contributed by atoms with E-state index in [2.05, 4.69) is 17.2 Å². The number of aromatic nitrogens is 2. The van der Waals surface area contributed by atoms with Crippen LogP contribution in [0.3, 0.4) is 0 Å². The highest BCUT2D eigenvalue weighted by atomic mass is 35.5. The van der Waals surface area contributed by atoms with Crippen LogP contribution in [-0.2, 0) is 13.6 Å². The van der Waals surface area contributed by atoms with Gasteiger partial charge in [0, 0.05) is 18.1 Å². The minimum absolute atomic E-state index is 0.234. The van der Waals surface area contributed by atoms with Crippen molar-refractivity contribution in [3.63, 3.8) is 0 Å². The van der Waals surface area contributed by atoms with Crippen molar-refractivity contribution in [1.29, 1.82) is 0 Å². The van der Waals surface area contributed by atoms with E-state index >= 15 is 0 Å². The third kappa shape index (κ3) is 3.05. The van der Waals surface area contributed by atoms with E-state index < -0.39 is 0 Å².